The summed E-state index contributed by atoms with van der Waals surface area (Å²) in [6.07, 6.45) is 0.382. The second kappa shape index (κ2) is 18.3. The monoisotopic (exact) mass is 712 g/mol. The molecule has 2 aromatic rings. The predicted molar refractivity (Wildman–Crippen MR) is 189 cm³/mol. The zero-order chi connectivity index (χ0) is 37.1. The molecular formula is C35H48N6O8S. The van der Waals surface area contributed by atoms with Crippen molar-refractivity contribution < 1.29 is 39.0 Å². The van der Waals surface area contributed by atoms with E-state index in [1.165, 1.54) is 31.2 Å². The van der Waals surface area contributed by atoms with Crippen molar-refractivity contribution in [3.05, 3.63) is 59.7 Å². The number of nitrogens with one attached hydrogen (secondary N) is 6. The van der Waals surface area contributed by atoms with Gasteiger partial charge in [-0.1, -0.05) is 58.4 Å². The Morgan fingerprint density at radius 3 is 1.42 bits per heavy atom. The van der Waals surface area contributed by atoms with E-state index in [9.17, 15) is 39.0 Å². The first kappa shape index (κ1) is 39.6. The summed E-state index contributed by atoms with van der Waals surface area (Å²) in [5, 5.41) is 35.6. The van der Waals surface area contributed by atoms with Gasteiger partial charge in [-0.2, -0.15) is 12.6 Å². The lowest BCUT2D eigenvalue weighted by Gasteiger charge is -2.30. The van der Waals surface area contributed by atoms with E-state index in [0.717, 1.165) is 0 Å². The Labute approximate surface area is 297 Å². The van der Waals surface area contributed by atoms with Crippen LogP contribution in [0.4, 0.5) is 0 Å². The molecule has 0 radical (unpaired) electrons. The van der Waals surface area contributed by atoms with Gasteiger partial charge in [0.05, 0.1) is 0 Å². The number of carbonyl (C=O) groups is 6. The van der Waals surface area contributed by atoms with Gasteiger partial charge in [0.1, 0.15) is 47.8 Å². The lowest BCUT2D eigenvalue weighted by Crippen LogP contribution is -2.63. The van der Waals surface area contributed by atoms with Gasteiger partial charge in [-0.15, -0.1) is 0 Å². The number of phenolic OH excluding ortho intramolecular Hbond substituents is 2. The fourth-order valence-electron chi connectivity index (χ4n) is 5.29. The molecule has 1 aliphatic rings. The smallest absolute Gasteiger partial charge is 0.244 e. The van der Waals surface area contributed by atoms with Crippen LogP contribution in [0.5, 0.6) is 11.5 Å². The van der Waals surface area contributed by atoms with Crippen molar-refractivity contribution in [2.45, 2.75) is 90.1 Å². The highest BCUT2D eigenvalue weighted by Gasteiger charge is 2.36. The summed E-state index contributed by atoms with van der Waals surface area (Å²) >= 11 is 4.25. The summed E-state index contributed by atoms with van der Waals surface area (Å²) in [5.41, 5.74) is 1.15. The lowest BCUT2D eigenvalue weighted by molar-refractivity contribution is -0.137. The highest BCUT2D eigenvalue weighted by molar-refractivity contribution is 7.80. The van der Waals surface area contributed by atoms with E-state index in [2.05, 4.69) is 44.5 Å². The molecule has 7 atom stereocenters. The Morgan fingerprint density at radius 1 is 0.580 bits per heavy atom. The Morgan fingerprint density at radius 2 is 0.980 bits per heavy atom. The van der Waals surface area contributed by atoms with Gasteiger partial charge in [0.2, 0.25) is 35.4 Å². The minimum Gasteiger partial charge on any atom is -0.508 e. The van der Waals surface area contributed by atoms with Crippen molar-refractivity contribution in [1.29, 1.82) is 0 Å². The van der Waals surface area contributed by atoms with Crippen LogP contribution in [-0.4, -0.2) is 87.7 Å². The summed E-state index contributed by atoms with van der Waals surface area (Å²) in [5.74, 6) is -5.08. The molecule has 14 nitrogen and oxygen atoms in total. The van der Waals surface area contributed by atoms with Crippen molar-refractivity contribution in [2.75, 3.05) is 5.75 Å². The summed E-state index contributed by atoms with van der Waals surface area (Å²) < 4.78 is 0. The molecular weight excluding hydrogens is 664 g/mol. The number of hydrogen-bond acceptors (Lipinski definition) is 9. The highest BCUT2D eigenvalue weighted by atomic mass is 32.1. The molecule has 6 amide bonds. The number of benzene rings is 2. The van der Waals surface area contributed by atoms with Crippen LogP contribution in [-0.2, 0) is 41.6 Å². The Balaban J connectivity index is 2.09. The third-order valence-electron chi connectivity index (χ3n) is 8.63. The van der Waals surface area contributed by atoms with Gasteiger partial charge in [0, 0.05) is 18.6 Å². The Kier molecular flexibility index (Phi) is 14.5. The third kappa shape index (κ3) is 11.1. The predicted octanol–water partition coefficient (Wildman–Crippen LogP) is 0.457. The van der Waals surface area contributed by atoms with Gasteiger partial charge in [-0.3, -0.25) is 28.8 Å². The zero-order valence-corrected chi connectivity index (χ0v) is 29.8. The second-order valence-electron chi connectivity index (χ2n) is 12.9. The topological polar surface area (TPSA) is 215 Å². The third-order valence-corrected chi connectivity index (χ3v) is 8.99. The van der Waals surface area contributed by atoms with E-state index in [1.54, 1.807) is 45.0 Å². The van der Waals surface area contributed by atoms with Gasteiger partial charge in [0.25, 0.3) is 0 Å². The van der Waals surface area contributed by atoms with Gasteiger partial charge in [-0.25, -0.2) is 0 Å². The van der Waals surface area contributed by atoms with Gasteiger partial charge < -0.3 is 42.1 Å². The number of thiol groups is 1. The normalized spacial score (nSPS) is 25.2. The summed E-state index contributed by atoms with van der Waals surface area (Å²) in [6.45, 7) is 8.45. The maximum Gasteiger partial charge on any atom is 0.244 e. The molecule has 0 unspecified atom stereocenters. The lowest BCUT2D eigenvalue weighted by atomic mass is 9.96. The van der Waals surface area contributed by atoms with Crippen LogP contribution in [0.1, 0.15) is 52.2 Å². The molecule has 1 fully saturated rings. The van der Waals surface area contributed by atoms with Crippen molar-refractivity contribution >= 4 is 48.1 Å². The molecule has 2 aromatic carbocycles. The maximum absolute atomic E-state index is 14.0. The van der Waals surface area contributed by atoms with Crippen molar-refractivity contribution in [3.8, 4) is 11.5 Å². The number of amides is 6. The van der Waals surface area contributed by atoms with Gasteiger partial charge in [0.15, 0.2) is 0 Å². The molecule has 0 bridgehead atoms. The SMILES string of the molecule is CC[C@@H](C)[C@@H]1NC(=O)[C@H](C)NC(=O)[C@H](C(C)C)NC(=O)[C@H](CS)NC(=O)[C@H](Cc2ccc(O)cc2)NC(=O)[C@H](Cc2ccc(O)cc2)NC1=O. The molecule has 3 rings (SSSR count). The van der Waals surface area contributed by atoms with E-state index in [0.29, 0.717) is 17.5 Å². The zero-order valence-electron chi connectivity index (χ0n) is 28.9. The summed E-state index contributed by atoms with van der Waals surface area (Å²) in [6, 6.07) is 5.00. The van der Waals surface area contributed by atoms with Gasteiger partial charge >= 0.3 is 0 Å². The quantitative estimate of drug-likeness (QED) is 0.175. The molecule has 1 saturated heterocycles. The van der Waals surface area contributed by atoms with Crippen molar-refractivity contribution in [3.63, 3.8) is 0 Å². The van der Waals surface area contributed by atoms with Crippen LogP contribution in [0, 0.1) is 11.8 Å². The minimum absolute atomic E-state index is 0.000770. The fourth-order valence-corrected chi connectivity index (χ4v) is 5.55. The number of carbonyl (C=O) groups excluding carboxylic acids is 6. The molecule has 1 heterocycles. The number of hydrogen-bond donors (Lipinski definition) is 9. The largest absolute Gasteiger partial charge is 0.508 e. The first-order chi connectivity index (χ1) is 23.6. The van der Waals surface area contributed by atoms with Crippen LogP contribution >= 0.6 is 12.6 Å². The van der Waals surface area contributed by atoms with Crippen LogP contribution in [0.3, 0.4) is 0 Å². The Bertz CT molecular complexity index is 1520. The van der Waals surface area contributed by atoms with Crippen LogP contribution < -0.4 is 31.9 Å². The van der Waals surface area contributed by atoms with Crippen LogP contribution in [0.25, 0.3) is 0 Å². The van der Waals surface area contributed by atoms with Gasteiger partial charge in [-0.05, 0) is 54.2 Å². The van der Waals surface area contributed by atoms with Crippen LogP contribution in [0.15, 0.2) is 48.5 Å². The van der Waals surface area contributed by atoms with E-state index in [-0.39, 0.29) is 30.1 Å². The number of rotatable bonds is 8. The number of aromatic hydroxyl groups is 2. The van der Waals surface area contributed by atoms with E-state index in [1.807, 2.05) is 6.92 Å². The standard InChI is InChI=1S/C35H48N6O8S/c1-6-19(4)29-35(49)38-26(16-22-9-13-24(43)14-10-22)31(45)37-25(15-21-7-11-23(42)12-8-21)32(46)39-27(17-50)33(47)40-28(18(2)3)34(48)36-20(5)30(44)41-29/h7-14,18-20,25-29,42-43,50H,6,15-17H2,1-5H3,(H,36,48)(H,37,45)(H,38,49)(H,39,46)(H,40,47)(H,41,44)/t19-,20+,25+,26+,27+,28+,29+/m1/s1. The van der Waals surface area contributed by atoms with E-state index >= 15 is 0 Å². The minimum atomic E-state index is -1.27. The maximum atomic E-state index is 14.0. The molecule has 0 aliphatic carbocycles. The first-order valence-corrected chi connectivity index (χ1v) is 17.3. The highest BCUT2D eigenvalue weighted by Crippen LogP contribution is 2.15. The average molecular weight is 713 g/mol. The molecule has 1 aliphatic heterocycles. The van der Waals surface area contributed by atoms with Crippen molar-refractivity contribution in [1.82, 2.24) is 31.9 Å². The second-order valence-corrected chi connectivity index (χ2v) is 13.3. The number of phenols is 2. The molecule has 0 aromatic heterocycles. The van der Waals surface area contributed by atoms with E-state index < -0.39 is 83.5 Å². The average Bonchev–Trinajstić information content (AvgIpc) is 3.08. The van der Waals surface area contributed by atoms with E-state index in [4.69, 9.17) is 0 Å². The fraction of sp³-hybridized carbons (Fsp3) is 0.486. The molecule has 0 spiro atoms. The summed E-state index contributed by atoms with van der Waals surface area (Å²) in [4.78, 5) is 81.8. The van der Waals surface area contributed by atoms with Crippen molar-refractivity contribution in [2.24, 2.45) is 11.8 Å². The first-order valence-electron chi connectivity index (χ1n) is 16.6. The molecule has 0 saturated carbocycles. The molecule has 272 valence electrons. The molecule has 8 N–H and O–H groups in total. The Hall–Kier alpha value is -4.79. The van der Waals surface area contributed by atoms with Crippen LogP contribution in [0.2, 0.25) is 0 Å². The molecule has 50 heavy (non-hydrogen) atoms. The summed E-state index contributed by atoms with van der Waals surface area (Å²) in [7, 11) is 0. The molecule has 15 heteroatoms.